The topological polar surface area (TPSA) is 141 Å². The molecule has 0 aliphatic rings. The van der Waals surface area contributed by atoms with Crippen LogP contribution in [0, 0.1) is 13.8 Å². The number of carbonyl (C=O) groups excluding carboxylic acids is 1. The number of aromatic carboxylic acids is 1. The van der Waals surface area contributed by atoms with Crippen molar-refractivity contribution in [2.24, 2.45) is 0 Å². The molecule has 0 unspecified atom stereocenters. The van der Waals surface area contributed by atoms with E-state index >= 15 is 0 Å². The minimum absolute atomic E-state index is 0.190. The van der Waals surface area contributed by atoms with E-state index in [-0.39, 0.29) is 18.7 Å². The van der Waals surface area contributed by atoms with Gasteiger partial charge in [0.25, 0.3) is 0 Å². The number of fused-ring (bicyclic) bond motifs is 2. The highest BCUT2D eigenvalue weighted by Gasteiger charge is 2.28. The molecule has 8 aromatic rings. The number of benzene rings is 4. The minimum Gasteiger partial charge on any atom is -0.478 e. The van der Waals surface area contributed by atoms with Crippen LogP contribution in [0.4, 0.5) is 37.7 Å². The number of rotatable bonds is 14. The number of ether oxygens (including phenoxy) is 3. The zero-order valence-corrected chi connectivity index (χ0v) is 36.1. The molecule has 18 heteroatoms. The fraction of sp³-hybridized carbons (Fsp3) is 0.184. The summed E-state index contributed by atoms with van der Waals surface area (Å²) in [5.74, 6) is 0.532. The summed E-state index contributed by atoms with van der Waals surface area (Å²) in [5, 5.41) is 14.9. The summed E-state index contributed by atoms with van der Waals surface area (Å²) in [4.78, 5) is 32.1. The summed E-state index contributed by atoms with van der Waals surface area (Å²) in [6, 6.07) is 31.5. The fourth-order valence-electron chi connectivity index (χ4n) is 7.08. The molecule has 8 rings (SSSR count). The van der Waals surface area contributed by atoms with Gasteiger partial charge < -0.3 is 30.0 Å². The lowest BCUT2D eigenvalue weighted by Crippen LogP contribution is -2.15. The summed E-state index contributed by atoms with van der Waals surface area (Å²) in [7, 11) is 1.32. The fourth-order valence-corrected chi connectivity index (χ4v) is 7.08. The number of methoxy groups -OCH3 is 1. The summed E-state index contributed by atoms with van der Waals surface area (Å²) >= 11 is 0. The third-order valence-corrected chi connectivity index (χ3v) is 10.2. The highest BCUT2D eigenvalue weighted by Crippen LogP contribution is 2.34. The molecule has 0 saturated carbocycles. The Morgan fingerprint density at radius 1 is 0.597 bits per heavy atom. The third kappa shape index (κ3) is 11.8. The monoisotopic (exact) mass is 924 g/mol. The molecule has 0 aliphatic heterocycles. The normalized spacial score (nSPS) is 11.5. The second-order valence-electron chi connectivity index (χ2n) is 15.1. The van der Waals surface area contributed by atoms with Gasteiger partial charge in [-0.05, 0) is 73.5 Å². The van der Waals surface area contributed by atoms with Crippen LogP contribution in [-0.2, 0) is 4.74 Å². The van der Waals surface area contributed by atoms with Gasteiger partial charge in [-0.3, -0.25) is 8.80 Å². The van der Waals surface area contributed by atoms with Gasteiger partial charge in [0.1, 0.15) is 23.0 Å². The number of carboxylic acids is 1. The Labute approximate surface area is 379 Å². The number of hydrogen-bond acceptors (Lipinski definition) is 9. The Morgan fingerprint density at radius 3 is 1.39 bits per heavy atom. The lowest BCUT2D eigenvalue weighted by Gasteiger charge is -2.14. The predicted molar refractivity (Wildman–Crippen MR) is 240 cm³/mol. The van der Waals surface area contributed by atoms with Gasteiger partial charge in [-0.1, -0.05) is 48.5 Å². The lowest BCUT2D eigenvalue weighted by atomic mass is 10.0. The first-order valence-electron chi connectivity index (χ1n) is 20.6. The minimum atomic E-state index is -4.29. The van der Waals surface area contributed by atoms with Crippen molar-refractivity contribution in [3.05, 3.63) is 156 Å². The number of nitrogens with zero attached hydrogens (tertiary/aromatic N) is 4. The Morgan fingerprint density at radius 2 is 1.01 bits per heavy atom. The standard InChI is InChI=1S/C25H22F3N3O3.C24H20F3N3O3/c1-16-12-17(8-9-20(16)24(32)33-2)22-14-30-23-21(29-11-10-25(26,27)28)13-19(15-31(22)23)34-18-6-4-3-5-7-18;1-15-11-16(7-8-19(15)23(31)32)21-13-29-22-20(28-10-9-24(25,26)27)12-18(14-30(21)22)33-17-5-3-2-4-6-17/h3-9,12-15,29H,10-11H2,1-2H3;2-8,11-14,28H,9-10H2,1H3,(H,31,32). The molecule has 4 aromatic heterocycles. The van der Waals surface area contributed by atoms with E-state index < -0.39 is 37.1 Å². The summed E-state index contributed by atoms with van der Waals surface area (Å²) in [6.45, 7) is 2.88. The van der Waals surface area contributed by atoms with Crippen LogP contribution in [0.1, 0.15) is 44.7 Å². The van der Waals surface area contributed by atoms with E-state index in [9.17, 15) is 41.0 Å². The lowest BCUT2D eigenvalue weighted by molar-refractivity contribution is -0.132. The Hall–Kier alpha value is -8.02. The van der Waals surface area contributed by atoms with Crippen molar-refractivity contribution in [1.29, 1.82) is 0 Å². The molecule has 4 heterocycles. The van der Waals surface area contributed by atoms with Gasteiger partial charge in [0, 0.05) is 36.3 Å². The average molecular weight is 925 g/mol. The molecule has 12 nitrogen and oxygen atoms in total. The third-order valence-electron chi connectivity index (χ3n) is 10.2. The van der Waals surface area contributed by atoms with Crippen molar-refractivity contribution in [3.8, 4) is 45.5 Å². The van der Waals surface area contributed by atoms with Gasteiger partial charge in [0.15, 0.2) is 11.3 Å². The van der Waals surface area contributed by atoms with Crippen molar-refractivity contribution < 1.29 is 55.2 Å². The van der Waals surface area contributed by atoms with Crippen molar-refractivity contribution in [1.82, 2.24) is 18.8 Å². The van der Waals surface area contributed by atoms with Gasteiger partial charge in [-0.2, -0.15) is 26.3 Å². The number of halogens is 6. The van der Waals surface area contributed by atoms with E-state index in [1.807, 2.05) is 42.5 Å². The van der Waals surface area contributed by atoms with Crippen LogP contribution in [0.25, 0.3) is 33.8 Å². The summed E-state index contributed by atoms with van der Waals surface area (Å²) in [5.41, 5.74) is 6.42. The molecule has 0 atom stereocenters. The largest absolute Gasteiger partial charge is 0.478 e. The number of esters is 1. The van der Waals surface area contributed by atoms with Crippen LogP contribution in [0.15, 0.2) is 134 Å². The summed E-state index contributed by atoms with van der Waals surface area (Å²) in [6.07, 6.45) is -3.90. The number of aromatic nitrogens is 4. The maximum atomic E-state index is 12.7. The molecule has 346 valence electrons. The predicted octanol–water partition coefficient (Wildman–Crippen LogP) is 12.4. The first-order valence-corrected chi connectivity index (χ1v) is 20.6. The summed E-state index contributed by atoms with van der Waals surface area (Å²) < 4.78 is 96.2. The number of carbonyl (C=O) groups is 2. The molecule has 0 amide bonds. The Kier molecular flexibility index (Phi) is 14.0. The number of aryl methyl sites for hydroxylation is 2. The maximum Gasteiger partial charge on any atom is 0.390 e. The number of nitrogens with one attached hydrogen (secondary N) is 2. The zero-order valence-electron chi connectivity index (χ0n) is 36.1. The van der Waals surface area contributed by atoms with Crippen LogP contribution in [-0.4, -0.2) is 68.4 Å². The molecule has 67 heavy (non-hydrogen) atoms. The van der Waals surface area contributed by atoms with Crippen LogP contribution in [0.2, 0.25) is 0 Å². The van der Waals surface area contributed by atoms with Gasteiger partial charge in [-0.15, -0.1) is 0 Å². The number of pyridine rings is 2. The molecule has 0 aliphatic carbocycles. The number of imidazole rings is 2. The van der Waals surface area contributed by atoms with E-state index in [4.69, 9.17) is 14.2 Å². The molecule has 3 N–H and O–H groups in total. The quantitative estimate of drug-likeness (QED) is 0.0713. The zero-order chi connectivity index (χ0) is 47.9. The molecule has 0 bridgehead atoms. The smallest absolute Gasteiger partial charge is 0.390 e. The van der Waals surface area contributed by atoms with Crippen molar-refractivity contribution in [2.75, 3.05) is 30.8 Å². The number of alkyl halides is 6. The van der Waals surface area contributed by atoms with Gasteiger partial charge in [0.05, 0.1) is 78.6 Å². The molecular weight excluding hydrogens is 883 g/mol. The molecule has 4 aromatic carbocycles. The molecule has 0 saturated heterocycles. The van der Waals surface area contributed by atoms with Crippen LogP contribution in [0.3, 0.4) is 0 Å². The van der Waals surface area contributed by atoms with E-state index in [1.165, 1.54) is 13.2 Å². The molecule has 0 fully saturated rings. The highest BCUT2D eigenvalue weighted by atomic mass is 19.4. The second kappa shape index (κ2) is 20.0. The van der Waals surface area contributed by atoms with E-state index in [0.717, 1.165) is 11.1 Å². The second-order valence-corrected chi connectivity index (χ2v) is 15.1. The molecular formula is C49H42F6N6O6. The van der Waals surface area contributed by atoms with E-state index in [0.29, 0.717) is 73.7 Å². The van der Waals surface area contributed by atoms with Crippen molar-refractivity contribution in [3.63, 3.8) is 0 Å². The van der Waals surface area contributed by atoms with Crippen LogP contribution in [0.5, 0.6) is 23.0 Å². The number of anilines is 2. The van der Waals surface area contributed by atoms with E-state index in [2.05, 4.69) is 20.6 Å². The first kappa shape index (κ1) is 47.0. The SMILES string of the molecule is COC(=O)c1ccc(-c2cnc3c(NCCC(F)(F)F)cc(Oc4ccccc4)cn23)cc1C.Cc1cc(-c2cnc3c(NCCC(F)(F)F)cc(Oc4ccccc4)cn23)ccc1C(=O)O. The van der Waals surface area contributed by atoms with Crippen molar-refractivity contribution in [2.45, 2.75) is 39.0 Å². The van der Waals surface area contributed by atoms with E-state index in [1.54, 1.807) is 108 Å². The number of hydrogen-bond donors (Lipinski definition) is 3. The highest BCUT2D eigenvalue weighted by molar-refractivity contribution is 5.92. The van der Waals surface area contributed by atoms with Gasteiger partial charge >= 0.3 is 24.3 Å². The van der Waals surface area contributed by atoms with Crippen molar-refractivity contribution >= 4 is 34.6 Å². The van der Waals surface area contributed by atoms with Gasteiger partial charge in [0.2, 0.25) is 0 Å². The Balaban J connectivity index is 0.000000199. The Bertz CT molecular complexity index is 3030. The first-order chi connectivity index (χ1) is 32.0. The number of carboxylic acid groups (broad SMARTS) is 1. The number of para-hydroxylation sites is 2. The van der Waals surface area contributed by atoms with Gasteiger partial charge in [-0.25, -0.2) is 19.6 Å². The molecule has 0 spiro atoms. The molecule has 0 radical (unpaired) electrons. The van der Waals surface area contributed by atoms with Crippen LogP contribution < -0.4 is 20.1 Å². The maximum absolute atomic E-state index is 12.7. The van der Waals surface area contributed by atoms with Crippen LogP contribution >= 0.6 is 0 Å². The average Bonchev–Trinajstić information content (AvgIpc) is 3.91.